The van der Waals surface area contributed by atoms with Gasteiger partial charge in [0.15, 0.2) is 11.6 Å². The van der Waals surface area contributed by atoms with Gasteiger partial charge in [0.2, 0.25) is 10.9 Å². The number of oxazole rings is 1. The maximum atomic E-state index is 12.8. The molecule has 0 aliphatic rings. The minimum atomic E-state index is -4.03. The minimum Gasteiger partial charge on any atom is -0.435 e. The van der Waals surface area contributed by atoms with Crippen LogP contribution in [0.15, 0.2) is 87.0 Å². The van der Waals surface area contributed by atoms with Gasteiger partial charge in [-0.25, -0.2) is 0 Å². The third-order valence-electron chi connectivity index (χ3n) is 3.58. The zero-order valence-corrected chi connectivity index (χ0v) is 14.2. The summed E-state index contributed by atoms with van der Waals surface area (Å²) in [6.07, 6.45) is 1.27. The van der Waals surface area contributed by atoms with Crippen molar-refractivity contribution < 1.29 is 17.4 Å². The third kappa shape index (κ3) is 3.09. The van der Waals surface area contributed by atoms with Gasteiger partial charge in [0.25, 0.3) is 10.0 Å². The molecule has 4 aromatic rings. The van der Waals surface area contributed by atoms with E-state index in [1.54, 1.807) is 36.4 Å². The zero-order valence-electron chi connectivity index (χ0n) is 13.4. The summed E-state index contributed by atoms with van der Waals surface area (Å²) in [7, 11) is -4.03. The van der Waals surface area contributed by atoms with Crippen molar-refractivity contribution in [1.82, 2.24) is 10.1 Å². The monoisotopic (exact) mass is 367 g/mol. The smallest absolute Gasteiger partial charge is 0.284 e. The molecular formula is C18H13N3O4S. The molecule has 0 saturated heterocycles. The maximum absolute atomic E-state index is 12.8. The van der Waals surface area contributed by atoms with E-state index < -0.39 is 10.0 Å². The molecule has 0 aliphatic carbocycles. The molecule has 7 nitrogen and oxygen atoms in total. The number of rotatable bonds is 5. The van der Waals surface area contributed by atoms with Gasteiger partial charge in [-0.15, -0.1) is 0 Å². The number of nitrogens with zero attached hydrogens (tertiary/aromatic N) is 2. The number of aromatic nitrogens is 2. The highest BCUT2D eigenvalue weighted by Gasteiger charge is 2.28. The van der Waals surface area contributed by atoms with Crippen LogP contribution >= 0.6 is 0 Å². The van der Waals surface area contributed by atoms with Gasteiger partial charge in [-0.3, -0.25) is 4.72 Å². The average molecular weight is 367 g/mol. The Hall–Kier alpha value is -3.39. The van der Waals surface area contributed by atoms with E-state index in [-0.39, 0.29) is 22.5 Å². The van der Waals surface area contributed by atoms with E-state index in [1.165, 1.54) is 12.3 Å². The molecule has 4 rings (SSSR count). The first-order chi connectivity index (χ1) is 12.6. The standard InChI is InChI=1S/C18H13N3O4S/c22-26(23,21-15-11-12-24-20-15)18-16(13-7-3-1-4-8-13)25-17(19-18)14-9-5-2-6-10-14/h1-12H,(H,20,21). The molecule has 2 heterocycles. The van der Waals surface area contributed by atoms with Crippen LogP contribution in [0.25, 0.3) is 22.8 Å². The molecule has 8 heteroatoms. The topological polar surface area (TPSA) is 98.2 Å². The van der Waals surface area contributed by atoms with Crippen LogP contribution < -0.4 is 4.72 Å². The Morgan fingerprint density at radius 1 is 0.846 bits per heavy atom. The lowest BCUT2D eigenvalue weighted by atomic mass is 10.2. The largest absolute Gasteiger partial charge is 0.435 e. The normalized spacial score (nSPS) is 11.4. The molecular weight excluding hydrogens is 354 g/mol. The van der Waals surface area contributed by atoms with E-state index >= 15 is 0 Å². The molecule has 0 radical (unpaired) electrons. The number of anilines is 1. The van der Waals surface area contributed by atoms with E-state index in [2.05, 4.69) is 19.4 Å². The van der Waals surface area contributed by atoms with Gasteiger partial charge in [0.1, 0.15) is 6.26 Å². The molecule has 0 aliphatic heterocycles. The molecule has 0 unspecified atom stereocenters. The second-order valence-electron chi connectivity index (χ2n) is 5.38. The van der Waals surface area contributed by atoms with Crippen LogP contribution in [0.3, 0.4) is 0 Å². The SMILES string of the molecule is O=S(=O)(Nc1ccon1)c1nc(-c2ccccc2)oc1-c1ccccc1. The Labute approximate surface area is 149 Å². The summed E-state index contributed by atoms with van der Waals surface area (Å²) in [4.78, 5) is 4.23. The van der Waals surface area contributed by atoms with E-state index in [9.17, 15) is 8.42 Å². The van der Waals surface area contributed by atoms with Crippen molar-refractivity contribution in [3.8, 4) is 22.8 Å². The highest BCUT2D eigenvalue weighted by Crippen LogP contribution is 2.33. The van der Waals surface area contributed by atoms with Gasteiger partial charge in [-0.1, -0.05) is 53.7 Å². The molecule has 0 amide bonds. The van der Waals surface area contributed by atoms with Gasteiger partial charge in [-0.05, 0) is 12.1 Å². The molecule has 0 atom stereocenters. The molecule has 0 spiro atoms. The number of sulfonamides is 1. The van der Waals surface area contributed by atoms with Crippen LogP contribution in [-0.2, 0) is 10.0 Å². The van der Waals surface area contributed by atoms with Gasteiger partial charge in [0, 0.05) is 17.2 Å². The van der Waals surface area contributed by atoms with Crippen LogP contribution in [0, 0.1) is 0 Å². The summed E-state index contributed by atoms with van der Waals surface area (Å²) in [6, 6.07) is 19.4. The summed E-state index contributed by atoms with van der Waals surface area (Å²) in [5, 5.41) is 3.35. The lowest BCUT2D eigenvalue weighted by Crippen LogP contribution is -2.14. The molecule has 130 valence electrons. The summed E-state index contributed by atoms with van der Waals surface area (Å²) in [6.45, 7) is 0. The Kier molecular flexibility index (Phi) is 4.02. The van der Waals surface area contributed by atoms with Crippen LogP contribution in [0.2, 0.25) is 0 Å². The Balaban J connectivity index is 1.86. The number of hydrogen-bond acceptors (Lipinski definition) is 6. The number of hydrogen-bond donors (Lipinski definition) is 1. The van der Waals surface area contributed by atoms with Crippen molar-refractivity contribution in [2.45, 2.75) is 5.03 Å². The highest BCUT2D eigenvalue weighted by atomic mass is 32.2. The lowest BCUT2D eigenvalue weighted by molar-refractivity contribution is 0.423. The van der Waals surface area contributed by atoms with Crippen molar-refractivity contribution >= 4 is 15.8 Å². The predicted octanol–water partition coefficient (Wildman–Crippen LogP) is 3.80. The molecule has 1 N–H and O–H groups in total. The van der Waals surface area contributed by atoms with Crippen LogP contribution in [0.5, 0.6) is 0 Å². The maximum Gasteiger partial charge on any atom is 0.284 e. The molecule has 0 fully saturated rings. The first-order valence-electron chi connectivity index (χ1n) is 7.68. The quantitative estimate of drug-likeness (QED) is 0.576. The first kappa shape index (κ1) is 16.1. The average Bonchev–Trinajstić information content (AvgIpc) is 3.33. The summed E-state index contributed by atoms with van der Waals surface area (Å²) < 4.78 is 38.5. The second-order valence-corrected chi connectivity index (χ2v) is 6.97. The van der Waals surface area contributed by atoms with Crippen LogP contribution in [0.4, 0.5) is 5.82 Å². The van der Waals surface area contributed by atoms with Crippen LogP contribution in [-0.4, -0.2) is 18.6 Å². The number of benzene rings is 2. The fourth-order valence-corrected chi connectivity index (χ4v) is 3.50. The Bertz CT molecular complexity index is 1110. The lowest BCUT2D eigenvalue weighted by Gasteiger charge is -2.03. The van der Waals surface area contributed by atoms with E-state index in [4.69, 9.17) is 4.42 Å². The third-order valence-corrected chi connectivity index (χ3v) is 4.85. The number of nitrogens with one attached hydrogen (secondary N) is 1. The van der Waals surface area contributed by atoms with Crippen LogP contribution in [0.1, 0.15) is 0 Å². The fraction of sp³-hybridized carbons (Fsp3) is 0. The molecule has 2 aromatic heterocycles. The Morgan fingerprint density at radius 3 is 2.12 bits per heavy atom. The van der Waals surface area contributed by atoms with Crippen molar-refractivity contribution in [3.63, 3.8) is 0 Å². The van der Waals surface area contributed by atoms with E-state index in [1.807, 2.05) is 24.3 Å². The Morgan fingerprint density at radius 2 is 1.50 bits per heavy atom. The van der Waals surface area contributed by atoms with Crippen molar-refractivity contribution in [2.24, 2.45) is 0 Å². The van der Waals surface area contributed by atoms with Gasteiger partial charge in [0.05, 0.1) is 0 Å². The molecule has 0 saturated carbocycles. The van der Waals surface area contributed by atoms with Gasteiger partial charge < -0.3 is 8.94 Å². The van der Waals surface area contributed by atoms with Gasteiger partial charge in [-0.2, -0.15) is 13.4 Å². The summed E-state index contributed by atoms with van der Waals surface area (Å²) in [5.74, 6) is 0.429. The minimum absolute atomic E-state index is 0.0632. The van der Waals surface area contributed by atoms with Crippen molar-refractivity contribution in [3.05, 3.63) is 73.0 Å². The van der Waals surface area contributed by atoms with Gasteiger partial charge >= 0.3 is 0 Å². The summed E-state index contributed by atoms with van der Waals surface area (Å²) >= 11 is 0. The van der Waals surface area contributed by atoms with Crippen molar-refractivity contribution in [1.29, 1.82) is 0 Å². The summed E-state index contributed by atoms with van der Waals surface area (Å²) in [5.41, 5.74) is 1.27. The first-order valence-corrected chi connectivity index (χ1v) is 9.17. The molecule has 26 heavy (non-hydrogen) atoms. The second kappa shape index (κ2) is 6.49. The molecule has 2 aromatic carbocycles. The highest BCUT2D eigenvalue weighted by molar-refractivity contribution is 7.92. The van der Waals surface area contributed by atoms with E-state index in [0.29, 0.717) is 11.1 Å². The van der Waals surface area contributed by atoms with E-state index in [0.717, 1.165) is 0 Å². The molecule has 0 bridgehead atoms. The predicted molar refractivity (Wildman–Crippen MR) is 94.7 cm³/mol. The fourth-order valence-electron chi connectivity index (χ4n) is 2.42. The zero-order chi connectivity index (χ0) is 18.0. The van der Waals surface area contributed by atoms with Crippen molar-refractivity contribution in [2.75, 3.05) is 4.72 Å².